The summed E-state index contributed by atoms with van der Waals surface area (Å²) in [6.45, 7) is 0.222. The average molecular weight is 357 g/mol. The van der Waals surface area contributed by atoms with E-state index in [-0.39, 0.29) is 18.1 Å². The molecule has 8 nitrogen and oxygen atoms in total. The summed E-state index contributed by atoms with van der Waals surface area (Å²) in [5, 5.41) is 0.761. The Balaban J connectivity index is 1.78. The molecule has 4 rings (SSSR count). The van der Waals surface area contributed by atoms with E-state index >= 15 is 0 Å². The van der Waals surface area contributed by atoms with E-state index in [9.17, 15) is 4.79 Å². The van der Waals surface area contributed by atoms with E-state index in [1.807, 2.05) is 14.1 Å². The third kappa shape index (κ3) is 2.84. The fourth-order valence-electron chi connectivity index (χ4n) is 3.14. The summed E-state index contributed by atoms with van der Waals surface area (Å²) in [7, 11) is 3.66. The van der Waals surface area contributed by atoms with Gasteiger partial charge in [0.05, 0.1) is 18.3 Å². The molecule has 1 aliphatic carbocycles. The van der Waals surface area contributed by atoms with Gasteiger partial charge in [-0.05, 0) is 31.2 Å². The first kappa shape index (κ1) is 15.9. The molecule has 0 radical (unpaired) electrons. The van der Waals surface area contributed by atoms with E-state index in [2.05, 4.69) is 19.9 Å². The van der Waals surface area contributed by atoms with Gasteiger partial charge in [0, 0.05) is 19.0 Å². The molecule has 25 heavy (non-hydrogen) atoms. The molecule has 3 heterocycles. The molecule has 0 aliphatic heterocycles. The molecule has 0 aromatic carbocycles. The van der Waals surface area contributed by atoms with Gasteiger partial charge < -0.3 is 10.6 Å². The number of aryl methyl sites for hydroxylation is 2. The number of fused-ring (bicyclic) bond motifs is 3. The summed E-state index contributed by atoms with van der Waals surface area (Å²) in [6, 6.07) is 0. The average Bonchev–Trinajstić information content (AvgIpc) is 2.96. The smallest absolute Gasteiger partial charge is 0.262 e. The molecule has 3 aromatic rings. The molecule has 0 saturated heterocycles. The van der Waals surface area contributed by atoms with Crippen molar-refractivity contribution < 1.29 is 0 Å². The number of nitrogens with two attached hydrogens (primary N) is 1. The summed E-state index contributed by atoms with van der Waals surface area (Å²) >= 11 is 1.65. The number of rotatable bonds is 3. The first-order valence-corrected chi connectivity index (χ1v) is 9.02. The Bertz CT molecular complexity index is 1010. The number of hydrogen-bond donors (Lipinski definition) is 1. The van der Waals surface area contributed by atoms with Gasteiger partial charge in [-0.2, -0.15) is 15.0 Å². The zero-order valence-corrected chi connectivity index (χ0v) is 15.0. The number of hydrogen-bond acceptors (Lipinski definition) is 8. The second-order valence-corrected chi connectivity index (χ2v) is 7.46. The van der Waals surface area contributed by atoms with E-state index in [0.717, 1.165) is 29.5 Å². The van der Waals surface area contributed by atoms with E-state index in [0.29, 0.717) is 11.8 Å². The maximum atomic E-state index is 13.0. The largest absolute Gasteiger partial charge is 0.368 e. The monoisotopic (exact) mass is 357 g/mol. The molecule has 3 aromatic heterocycles. The molecule has 0 unspecified atom stereocenters. The molecule has 2 N–H and O–H groups in total. The van der Waals surface area contributed by atoms with Crippen LogP contribution >= 0.6 is 11.3 Å². The van der Waals surface area contributed by atoms with Crippen molar-refractivity contribution >= 4 is 33.5 Å². The minimum absolute atomic E-state index is 0.0326. The highest BCUT2D eigenvalue weighted by molar-refractivity contribution is 7.18. The molecule has 0 saturated carbocycles. The summed E-state index contributed by atoms with van der Waals surface area (Å²) < 4.78 is 1.55. The molecule has 130 valence electrons. The lowest BCUT2D eigenvalue weighted by Crippen LogP contribution is -2.24. The van der Waals surface area contributed by atoms with Crippen molar-refractivity contribution in [2.75, 3.05) is 24.7 Å². The normalized spacial score (nSPS) is 13.8. The zero-order chi connectivity index (χ0) is 17.6. The van der Waals surface area contributed by atoms with Gasteiger partial charge >= 0.3 is 0 Å². The van der Waals surface area contributed by atoms with Crippen LogP contribution < -0.4 is 16.2 Å². The van der Waals surface area contributed by atoms with E-state index < -0.39 is 0 Å². The highest BCUT2D eigenvalue weighted by Gasteiger charge is 2.20. The molecular weight excluding hydrogens is 338 g/mol. The topological polar surface area (TPSA) is 103 Å². The Hall–Kier alpha value is -2.55. The number of anilines is 2. The van der Waals surface area contributed by atoms with Gasteiger partial charge in [-0.3, -0.25) is 9.36 Å². The molecule has 0 bridgehead atoms. The Morgan fingerprint density at radius 1 is 1.24 bits per heavy atom. The maximum absolute atomic E-state index is 13.0. The van der Waals surface area contributed by atoms with Crippen LogP contribution in [0.2, 0.25) is 0 Å². The molecule has 0 amide bonds. The SMILES string of the molecule is CN(C)c1nc(N)nc(Cn2cnc3sc4c(c3c2=O)CCCC4)n1. The van der Waals surface area contributed by atoms with Gasteiger partial charge in [0.15, 0.2) is 5.82 Å². The fourth-order valence-corrected chi connectivity index (χ4v) is 4.36. The van der Waals surface area contributed by atoms with Crippen LogP contribution in [0.5, 0.6) is 0 Å². The van der Waals surface area contributed by atoms with Crippen molar-refractivity contribution in [3.8, 4) is 0 Å². The Morgan fingerprint density at radius 3 is 2.84 bits per heavy atom. The predicted octanol–water partition coefficient (Wildman–Crippen LogP) is 1.22. The Kier molecular flexibility index (Phi) is 3.87. The van der Waals surface area contributed by atoms with Crippen molar-refractivity contribution in [3.05, 3.63) is 32.9 Å². The zero-order valence-electron chi connectivity index (χ0n) is 14.2. The summed E-state index contributed by atoms with van der Waals surface area (Å²) in [6.07, 6.45) is 5.89. The van der Waals surface area contributed by atoms with Gasteiger partial charge in [-0.1, -0.05) is 0 Å². The lowest BCUT2D eigenvalue weighted by Gasteiger charge is -2.12. The van der Waals surface area contributed by atoms with Crippen molar-refractivity contribution in [3.63, 3.8) is 0 Å². The fraction of sp³-hybridized carbons (Fsp3) is 0.438. The van der Waals surface area contributed by atoms with Crippen molar-refractivity contribution in [2.24, 2.45) is 0 Å². The predicted molar refractivity (Wildman–Crippen MR) is 98.2 cm³/mol. The lowest BCUT2D eigenvalue weighted by atomic mass is 9.97. The number of nitrogen functional groups attached to an aromatic ring is 1. The molecule has 0 spiro atoms. The van der Waals surface area contributed by atoms with Crippen LogP contribution in [0, 0.1) is 0 Å². The highest BCUT2D eigenvalue weighted by Crippen LogP contribution is 2.33. The van der Waals surface area contributed by atoms with Crippen LogP contribution in [0.15, 0.2) is 11.1 Å². The maximum Gasteiger partial charge on any atom is 0.262 e. The van der Waals surface area contributed by atoms with Crippen LogP contribution in [-0.2, 0) is 19.4 Å². The Morgan fingerprint density at radius 2 is 2.04 bits per heavy atom. The van der Waals surface area contributed by atoms with E-state index in [1.54, 1.807) is 27.1 Å². The summed E-state index contributed by atoms with van der Waals surface area (Å²) in [5.41, 5.74) is 6.91. The third-order valence-electron chi connectivity index (χ3n) is 4.34. The quantitative estimate of drug-likeness (QED) is 0.751. The molecular formula is C16H19N7OS. The number of nitrogens with zero attached hydrogens (tertiary/aromatic N) is 6. The van der Waals surface area contributed by atoms with Crippen LogP contribution in [0.1, 0.15) is 29.1 Å². The number of aromatic nitrogens is 5. The van der Waals surface area contributed by atoms with Crippen LogP contribution in [0.4, 0.5) is 11.9 Å². The van der Waals surface area contributed by atoms with Crippen LogP contribution in [0.3, 0.4) is 0 Å². The molecule has 1 aliphatic rings. The summed E-state index contributed by atoms with van der Waals surface area (Å²) in [5.74, 6) is 1.06. The van der Waals surface area contributed by atoms with Gasteiger partial charge in [0.25, 0.3) is 5.56 Å². The third-order valence-corrected chi connectivity index (χ3v) is 5.54. The molecule has 0 fully saturated rings. The van der Waals surface area contributed by atoms with E-state index in [4.69, 9.17) is 5.73 Å². The van der Waals surface area contributed by atoms with Crippen molar-refractivity contribution in [1.29, 1.82) is 0 Å². The molecule has 9 heteroatoms. The van der Waals surface area contributed by atoms with Crippen LogP contribution in [-0.4, -0.2) is 38.6 Å². The van der Waals surface area contributed by atoms with Crippen LogP contribution in [0.25, 0.3) is 10.2 Å². The first-order valence-electron chi connectivity index (χ1n) is 8.20. The van der Waals surface area contributed by atoms with Crippen molar-refractivity contribution in [2.45, 2.75) is 32.2 Å². The standard InChI is InChI=1S/C16H19N7OS/c1-22(2)16-20-11(19-15(17)21-16)7-23-8-18-13-12(14(23)24)9-5-3-4-6-10(9)25-13/h8H,3-7H2,1-2H3,(H2,17,19,20,21). The van der Waals surface area contributed by atoms with Crippen molar-refractivity contribution in [1.82, 2.24) is 24.5 Å². The van der Waals surface area contributed by atoms with Gasteiger partial charge in [0.1, 0.15) is 4.83 Å². The van der Waals surface area contributed by atoms with Gasteiger partial charge in [-0.15, -0.1) is 11.3 Å². The highest BCUT2D eigenvalue weighted by atomic mass is 32.1. The second-order valence-electron chi connectivity index (χ2n) is 6.37. The molecule has 0 atom stereocenters. The second kappa shape index (κ2) is 6.07. The lowest BCUT2D eigenvalue weighted by molar-refractivity contribution is 0.689. The summed E-state index contributed by atoms with van der Waals surface area (Å²) in [4.78, 5) is 34.0. The van der Waals surface area contributed by atoms with Gasteiger partial charge in [0.2, 0.25) is 11.9 Å². The minimum atomic E-state index is -0.0326. The Labute approximate surface area is 148 Å². The number of thiophene rings is 1. The first-order chi connectivity index (χ1) is 12.0. The van der Waals surface area contributed by atoms with Gasteiger partial charge in [-0.25, -0.2) is 4.98 Å². The van der Waals surface area contributed by atoms with E-state index in [1.165, 1.54) is 16.9 Å². The minimum Gasteiger partial charge on any atom is -0.368 e.